The van der Waals surface area contributed by atoms with Gasteiger partial charge >= 0.3 is 0 Å². The van der Waals surface area contributed by atoms with E-state index in [0.29, 0.717) is 36.8 Å². The van der Waals surface area contributed by atoms with Gasteiger partial charge in [-0.2, -0.15) is 0 Å². The van der Waals surface area contributed by atoms with Gasteiger partial charge in [-0.15, -0.1) is 0 Å². The summed E-state index contributed by atoms with van der Waals surface area (Å²) < 4.78 is 10.8. The minimum Gasteiger partial charge on any atom is -0.494 e. The number of hydrogen-bond acceptors (Lipinski definition) is 6. The molecule has 3 rings (SSSR count). The molecular formula is C27H36N4O5. The summed E-state index contributed by atoms with van der Waals surface area (Å²) in [6.07, 6.45) is 0. The lowest BCUT2D eigenvalue weighted by atomic mass is 10.0. The molecule has 2 N–H and O–H groups in total. The van der Waals surface area contributed by atoms with Gasteiger partial charge in [-0.3, -0.25) is 14.4 Å². The number of nitrogens with zero attached hydrogens (tertiary/aromatic N) is 2. The van der Waals surface area contributed by atoms with Gasteiger partial charge in [-0.1, -0.05) is 13.8 Å². The fraction of sp³-hybridized carbons (Fsp3) is 0.444. The second-order valence-electron chi connectivity index (χ2n) is 9.04. The van der Waals surface area contributed by atoms with Crippen LogP contribution < -0.4 is 20.3 Å². The number of carbonyl (C=O) groups is 3. The van der Waals surface area contributed by atoms with Crippen LogP contribution in [0, 0.1) is 5.92 Å². The molecule has 2 aromatic rings. The van der Waals surface area contributed by atoms with E-state index in [0.717, 1.165) is 18.8 Å². The number of likely N-dealkylation sites (N-methyl/N-ethyl adjacent to an activating group) is 1. The molecule has 9 heteroatoms. The molecule has 2 aromatic carbocycles. The number of amides is 3. The third-order valence-corrected chi connectivity index (χ3v) is 5.93. The van der Waals surface area contributed by atoms with Crippen molar-refractivity contribution in [3.8, 4) is 5.75 Å². The molecule has 0 saturated carbocycles. The summed E-state index contributed by atoms with van der Waals surface area (Å²) in [4.78, 5) is 42.0. The van der Waals surface area contributed by atoms with Crippen molar-refractivity contribution < 1.29 is 23.9 Å². The molecule has 194 valence electrons. The highest BCUT2D eigenvalue weighted by Gasteiger charge is 2.28. The van der Waals surface area contributed by atoms with Crippen LogP contribution in [0.3, 0.4) is 0 Å². The van der Waals surface area contributed by atoms with E-state index in [9.17, 15) is 14.4 Å². The van der Waals surface area contributed by atoms with E-state index in [1.165, 1.54) is 4.90 Å². The quantitative estimate of drug-likeness (QED) is 0.525. The van der Waals surface area contributed by atoms with Crippen molar-refractivity contribution >= 4 is 29.1 Å². The van der Waals surface area contributed by atoms with E-state index < -0.39 is 6.04 Å². The van der Waals surface area contributed by atoms with E-state index in [2.05, 4.69) is 15.5 Å². The molecule has 1 heterocycles. The highest BCUT2D eigenvalue weighted by Crippen LogP contribution is 2.19. The van der Waals surface area contributed by atoms with Crippen LogP contribution in [0.1, 0.15) is 31.1 Å². The highest BCUT2D eigenvalue weighted by molar-refractivity contribution is 5.99. The maximum atomic E-state index is 13.1. The molecule has 9 nitrogen and oxygen atoms in total. The predicted octanol–water partition coefficient (Wildman–Crippen LogP) is 2.77. The first kappa shape index (κ1) is 27.0. The van der Waals surface area contributed by atoms with E-state index in [4.69, 9.17) is 9.47 Å². The first-order valence-corrected chi connectivity index (χ1v) is 12.3. The second-order valence-corrected chi connectivity index (χ2v) is 9.04. The molecule has 36 heavy (non-hydrogen) atoms. The Kier molecular flexibility index (Phi) is 9.69. The number of rotatable bonds is 10. The molecule has 0 aromatic heterocycles. The number of benzene rings is 2. The Labute approximate surface area is 212 Å². The minimum absolute atomic E-state index is 0.133. The molecule has 0 unspecified atom stereocenters. The van der Waals surface area contributed by atoms with Crippen molar-refractivity contribution in [2.75, 3.05) is 56.7 Å². The standard InChI is InChI=1S/C27H36N4O5/c1-5-36-23-12-6-20(7-13-23)26(33)29-25(19(2)3)27(34)30(4)18-24(32)28-21-8-10-22(11-9-21)31-14-16-35-17-15-31/h6-13,19,25H,5,14-18H2,1-4H3,(H,28,32)(H,29,33)/t25-/m0/s1. The van der Waals surface area contributed by atoms with Gasteiger partial charge in [-0.05, 0) is 61.4 Å². The minimum atomic E-state index is -0.769. The van der Waals surface area contributed by atoms with Crippen LogP contribution in [-0.4, -0.2) is 75.2 Å². The lowest BCUT2D eigenvalue weighted by Gasteiger charge is -2.29. The van der Waals surface area contributed by atoms with Gasteiger partial charge < -0.3 is 29.9 Å². The summed E-state index contributed by atoms with van der Waals surface area (Å²) in [5.41, 5.74) is 2.16. The Hall–Kier alpha value is -3.59. The van der Waals surface area contributed by atoms with E-state index in [1.54, 1.807) is 31.3 Å². The largest absolute Gasteiger partial charge is 0.494 e. The molecule has 1 saturated heterocycles. The normalized spacial score (nSPS) is 14.2. The van der Waals surface area contributed by atoms with Gasteiger partial charge in [0.2, 0.25) is 11.8 Å². The van der Waals surface area contributed by atoms with E-state index in [-0.39, 0.29) is 30.2 Å². The first-order chi connectivity index (χ1) is 17.3. The number of anilines is 2. The fourth-order valence-corrected chi connectivity index (χ4v) is 3.92. The Balaban J connectivity index is 1.54. The Bertz CT molecular complexity index is 1020. The maximum absolute atomic E-state index is 13.1. The van der Waals surface area contributed by atoms with Gasteiger partial charge in [-0.25, -0.2) is 0 Å². The van der Waals surface area contributed by atoms with Crippen LogP contribution in [0.5, 0.6) is 5.75 Å². The summed E-state index contributed by atoms with van der Waals surface area (Å²) in [5.74, 6) is -0.495. The molecular weight excluding hydrogens is 460 g/mol. The first-order valence-electron chi connectivity index (χ1n) is 12.3. The zero-order valence-corrected chi connectivity index (χ0v) is 21.5. The molecule has 0 bridgehead atoms. The molecule has 0 aliphatic carbocycles. The van der Waals surface area contributed by atoms with Crippen LogP contribution in [0.4, 0.5) is 11.4 Å². The van der Waals surface area contributed by atoms with E-state index >= 15 is 0 Å². The zero-order valence-electron chi connectivity index (χ0n) is 21.5. The fourth-order valence-electron chi connectivity index (χ4n) is 3.92. The summed E-state index contributed by atoms with van der Waals surface area (Å²) in [7, 11) is 1.56. The van der Waals surface area contributed by atoms with Crippen molar-refractivity contribution in [1.29, 1.82) is 0 Å². The number of carbonyl (C=O) groups excluding carboxylic acids is 3. The number of nitrogens with one attached hydrogen (secondary N) is 2. The predicted molar refractivity (Wildman–Crippen MR) is 139 cm³/mol. The SMILES string of the molecule is CCOc1ccc(C(=O)N[C@H](C(=O)N(C)CC(=O)Nc2ccc(N3CCOCC3)cc2)C(C)C)cc1. The van der Waals surface area contributed by atoms with Crippen LogP contribution in [-0.2, 0) is 14.3 Å². The van der Waals surface area contributed by atoms with Crippen LogP contribution in [0.2, 0.25) is 0 Å². The summed E-state index contributed by atoms with van der Waals surface area (Å²) in [6, 6.07) is 13.6. The van der Waals surface area contributed by atoms with Crippen molar-refractivity contribution in [3.05, 3.63) is 54.1 Å². The maximum Gasteiger partial charge on any atom is 0.251 e. The van der Waals surface area contributed by atoms with Crippen molar-refractivity contribution in [3.63, 3.8) is 0 Å². The number of morpholine rings is 1. The summed E-state index contributed by atoms with van der Waals surface area (Å²) in [6.45, 7) is 9.08. The average molecular weight is 497 g/mol. The Morgan fingerprint density at radius 3 is 2.25 bits per heavy atom. The van der Waals surface area contributed by atoms with Crippen molar-refractivity contribution in [2.45, 2.75) is 26.8 Å². The smallest absolute Gasteiger partial charge is 0.251 e. The zero-order chi connectivity index (χ0) is 26.1. The number of ether oxygens (including phenoxy) is 2. The molecule has 1 atom stereocenters. The van der Waals surface area contributed by atoms with Crippen LogP contribution in [0.25, 0.3) is 0 Å². The molecule has 3 amide bonds. The molecule has 1 aliphatic heterocycles. The van der Waals surface area contributed by atoms with Gasteiger partial charge in [0.05, 0.1) is 26.4 Å². The topological polar surface area (TPSA) is 100 Å². The third kappa shape index (κ3) is 7.45. The molecule has 1 fully saturated rings. The van der Waals surface area contributed by atoms with Gasteiger partial charge in [0.1, 0.15) is 11.8 Å². The average Bonchev–Trinajstić information content (AvgIpc) is 2.88. The Morgan fingerprint density at radius 1 is 1.03 bits per heavy atom. The van der Waals surface area contributed by atoms with Crippen LogP contribution in [0.15, 0.2) is 48.5 Å². The monoisotopic (exact) mass is 496 g/mol. The van der Waals surface area contributed by atoms with Gasteiger partial charge in [0.15, 0.2) is 0 Å². The van der Waals surface area contributed by atoms with Crippen LogP contribution >= 0.6 is 0 Å². The third-order valence-electron chi connectivity index (χ3n) is 5.93. The highest BCUT2D eigenvalue weighted by atomic mass is 16.5. The molecule has 0 spiro atoms. The second kappa shape index (κ2) is 12.9. The summed E-state index contributed by atoms with van der Waals surface area (Å²) in [5, 5.41) is 5.64. The lowest BCUT2D eigenvalue weighted by molar-refractivity contribution is -0.135. The molecule has 0 radical (unpaired) electrons. The van der Waals surface area contributed by atoms with Gasteiger partial charge in [0, 0.05) is 37.1 Å². The van der Waals surface area contributed by atoms with Gasteiger partial charge in [0.25, 0.3) is 5.91 Å². The molecule has 1 aliphatic rings. The van der Waals surface area contributed by atoms with Crippen molar-refractivity contribution in [1.82, 2.24) is 10.2 Å². The van der Waals surface area contributed by atoms with Crippen molar-refractivity contribution in [2.24, 2.45) is 5.92 Å². The lowest BCUT2D eigenvalue weighted by Crippen LogP contribution is -2.51. The number of hydrogen-bond donors (Lipinski definition) is 2. The van der Waals surface area contributed by atoms with E-state index in [1.807, 2.05) is 45.0 Å². The summed E-state index contributed by atoms with van der Waals surface area (Å²) >= 11 is 0. The Morgan fingerprint density at radius 2 is 1.67 bits per heavy atom.